The second kappa shape index (κ2) is 8.65. The first-order valence-corrected chi connectivity index (χ1v) is 11.1. The van der Waals surface area contributed by atoms with Crippen molar-refractivity contribution in [2.75, 3.05) is 40.3 Å². The fraction of sp³-hybridized carbons (Fsp3) is 0.455. The molecular formula is C22H29N5OS. The number of hydrogen-bond acceptors (Lipinski definition) is 5. The fourth-order valence-electron chi connectivity index (χ4n) is 3.86. The number of carbonyl (C=O) groups is 1. The zero-order chi connectivity index (χ0) is 20.4. The number of piperazine rings is 1. The Hall–Kier alpha value is -2.22. The summed E-state index contributed by atoms with van der Waals surface area (Å²) in [4.78, 5) is 25.5. The summed E-state index contributed by atoms with van der Waals surface area (Å²) < 4.78 is 2.09. The van der Waals surface area contributed by atoms with Crippen molar-refractivity contribution in [3.63, 3.8) is 0 Å². The van der Waals surface area contributed by atoms with Crippen molar-refractivity contribution in [3.8, 4) is 0 Å². The van der Waals surface area contributed by atoms with Crippen LogP contribution in [0.25, 0.3) is 4.96 Å². The van der Waals surface area contributed by atoms with Crippen molar-refractivity contribution >= 4 is 22.2 Å². The third-order valence-electron chi connectivity index (χ3n) is 5.91. The number of fused-ring (bicyclic) bond motifs is 1. The number of benzene rings is 1. The van der Waals surface area contributed by atoms with Gasteiger partial charge in [-0.05, 0) is 26.0 Å². The molecule has 1 aliphatic rings. The Bertz CT molecular complexity index is 966. The largest absolute Gasteiger partial charge is 0.340 e. The van der Waals surface area contributed by atoms with Gasteiger partial charge in [0.1, 0.15) is 0 Å². The summed E-state index contributed by atoms with van der Waals surface area (Å²) >= 11 is 1.58. The standard InChI is InChI=1S/C22H29N5OS/c1-17-15-26(12-11-24(17)2)16-19-20(23-22-27(19)13-14-29-22)21(28)25(3)10-9-18-7-5-4-6-8-18/h4-8,13-14,17H,9-12,15-16H2,1-3H3. The zero-order valence-corrected chi connectivity index (χ0v) is 18.2. The molecule has 7 heteroatoms. The van der Waals surface area contributed by atoms with Crippen LogP contribution < -0.4 is 0 Å². The molecule has 0 N–H and O–H groups in total. The molecule has 6 nitrogen and oxygen atoms in total. The molecule has 0 saturated carbocycles. The van der Waals surface area contributed by atoms with Crippen LogP contribution in [-0.2, 0) is 13.0 Å². The number of thiazole rings is 1. The zero-order valence-electron chi connectivity index (χ0n) is 17.4. The summed E-state index contributed by atoms with van der Waals surface area (Å²) in [5, 5.41) is 2.03. The minimum atomic E-state index is 0.00834. The monoisotopic (exact) mass is 411 g/mol. The van der Waals surface area contributed by atoms with Gasteiger partial charge in [0, 0.05) is 57.4 Å². The summed E-state index contributed by atoms with van der Waals surface area (Å²) in [6.07, 6.45) is 2.87. The maximum atomic E-state index is 13.2. The fourth-order valence-corrected chi connectivity index (χ4v) is 4.59. The Morgan fingerprint density at radius 1 is 1.28 bits per heavy atom. The van der Waals surface area contributed by atoms with Crippen LogP contribution in [0.4, 0.5) is 0 Å². The van der Waals surface area contributed by atoms with Crippen LogP contribution in [-0.4, -0.2) is 76.3 Å². The van der Waals surface area contributed by atoms with E-state index in [9.17, 15) is 4.79 Å². The Kier molecular flexibility index (Phi) is 5.99. The van der Waals surface area contributed by atoms with Crippen LogP contribution in [0.3, 0.4) is 0 Å². The molecule has 1 aromatic carbocycles. The lowest BCUT2D eigenvalue weighted by Gasteiger charge is -2.37. The molecule has 1 fully saturated rings. The topological polar surface area (TPSA) is 44.1 Å². The predicted octanol–water partition coefficient (Wildman–Crippen LogP) is 2.85. The van der Waals surface area contributed by atoms with Gasteiger partial charge in [0.15, 0.2) is 10.7 Å². The second-order valence-electron chi connectivity index (χ2n) is 7.99. The highest BCUT2D eigenvalue weighted by Crippen LogP contribution is 2.21. The lowest BCUT2D eigenvalue weighted by atomic mass is 10.1. The summed E-state index contributed by atoms with van der Waals surface area (Å²) in [5.74, 6) is 0.00834. The van der Waals surface area contributed by atoms with Crippen LogP contribution in [0.1, 0.15) is 28.7 Å². The van der Waals surface area contributed by atoms with E-state index in [1.54, 1.807) is 16.2 Å². The van der Waals surface area contributed by atoms with Crippen LogP contribution in [0.5, 0.6) is 0 Å². The highest BCUT2D eigenvalue weighted by atomic mass is 32.1. The molecule has 0 bridgehead atoms. The number of rotatable bonds is 6. The third kappa shape index (κ3) is 4.37. The number of nitrogens with zero attached hydrogens (tertiary/aromatic N) is 5. The SMILES string of the molecule is CC1CN(Cc2c(C(=O)N(C)CCc3ccccc3)nc3sccn23)CCN1C. The number of carbonyl (C=O) groups excluding carboxylic acids is 1. The molecule has 29 heavy (non-hydrogen) atoms. The molecule has 3 aromatic rings. The molecule has 1 saturated heterocycles. The lowest BCUT2D eigenvalue weighted by molar-refractivity contribution is 0.0782. The van der Waals surface area contributed by atoms with E-state index < -0.39 is 0 Å². The van der Waals surface area contributed by atoms with E-state index in [1.807, 2.05) is 36.8 Å². The van der Waals surface area contributed by atoms with Gasteiger partial charge in [-0.2, -0.15) is 0 Å². The minimum absolute atomic E-state index is 0.00834. The van der Waals surface area contributed by atoms with Crippen molar-refractivity contribution in [1.29, 1.82) is 0 Å². The Morgan fingerprint density at radius 3 is 2.83 bits per heavy atom. The Balaban J connectivity index is 1.51. The predicted molar refractivity (Wildman–Crippen MR) is 118 cm³/mol. The average Bonchev–Trinajstić information content (AvgIpc) is 3.32. The summed E-state index contributed by atoms with van der Waals surface area (Å²) in [6.45, 7) is 6.75. The van der Waals surface area contributed by atoms with Gasteiger partial charge in [-0.25, -0.2) is 4.98 Å². The van der Waals surface area contributed by atoms with Gasteiger partial charge < -0.3 is 9.80 Å². The van der Waals surface area contributed by atoms with E-state index in [0.29, 0.717) is 18.3 Å². The van der Waals surface area contributed by atoms with Crippen molar-refractivity contribution in [3.05, 3.63) is 58.9 Å². The van der Waals surface area contributed by atoms with Crippen molar-refractivity contribution < 1.29 is 4.79 Å². The number of likely N-dealkylation sites (N-methyl/N-ethyl adjacent to an activating group) is 2. The van der Waals surface area contributed by atoms with Crippen molar-refractivity contribution in [2.45, 2.75) is 25.9 Å². The molecule has 154 valence electrons. The van der Waals surface area contributed by atoms with Gasteiger partial charge >= 0.3 is 0 Å². The molecule has 4 rings (SSSR count). The summed E-state index contributed by atoms with van der Waals surface area (Å²) in [7, 11) is 4.05. The second-order valence-corrected chi connectivity index (χ2v) is 8.86. The molecule has 1 aliphatic heterocycles. The van der Waals surface area contributed by atoms with Crippen LogP contribution in [0.2, 0.25) is 0 Å². The number of hydrogen-bond donors (Lipinski definition) is 0. The average molecular weight is 412 g/mol. The molecular weight excluding hydrogens is 382 g/mol. The quantitative estimate of drug-likeness (QED) is 0.626. The summed E-state index contributed by atoms with van der Waals surface area (Å²) in [6, 6.07) is 10.8. The van der Waals surface area contributed by atoms with E-state index in [-0.39, 0.29) is 5.91 Å². The van der Waals surface area contributed by atoms with E-state index in [1.165, 1.54) is 5.56 Å². The molecule has 0 spiro atoms. The van der Waals surface area contributed by atoms with Gasteiger partial charge in [-0.15, -0.1) is 11.3 Å². The minimum Gasteiger partial charge on any atom is -0.340 e. The summed E-state index contributed by atoms with van der Waals surface area (Å²) in [5.41, 5.74) is 2.85. The molecule has 1 amide bonds. The number of amides is 1. The number of imidazole rings is 1. The van der Waals surface area contributed by atoms with Crippen LogP contribution in [0, 0.1) is 0 Å². The first kappa shape index (κ1) is 20.1. The first-order valence-electron chi connectivity index (χ1n) is 10.2. The Labute approximate surface area is 176 Å². The lowest BCUT2D eigenvalue weighted by Crippen LogP contribution is -2.49. The molecule has 1 unspecified atom stereocenters. The maximum Gasteiger partial charge on any atom is 0.274 e. The van der Waals surface area contributed by atoms with E-state index >= 15 is 0 Å². The van der Waals surface area contributed by atoms with Gasteiger partial charge in [0.25, 0.3) is 5.91 Å². The van der Waals surface area contributed by atoms with Gasteiger partial charge in [0.2, 0.25) is 0 Å². The first-order chi connectivity index (χ1) is 14.0. The van der Waals surface area contributed by atoms with Gasteiger partial charge in [-0.1, -0.05) is 30.3 Å². The van der Waals surface area contributed by atoms with E-state index in [2.05, 4.69) is 40.3 Å². The Morgan fingerprint density at radius 2 is 2.07 bits per heavy atom. The molecule has 0 aliphatic carbocycles. The third-order valence-corrected chi connectivity index (χ3v) is 6.66. The van der Waals surface area contributed by atoms with E-state index in [0.717, 1.165) is 43.3 Å². The van der Waals surface area contributed by atoms with Crippen LogP contribution in [0.15, 0.2) is 41.9 Å². The molecule has 2 aromatic heterocycles. The number of aromatic nitrogens is 2. The molecule has 3 heterocycles. The maximum absolute atomic E-state index is 13.2. The smallest absolute Gasteiger partial charge is 0.274 e. The van der Waals surface area contributed by atoms with E-state index in [4.69, 9.17) is 4.98 Å². The molecule has 1 atom stereocenters. The van der Waals surface area contributed by atoms with Crippen LogP contribution >= 0.6 is 11.3 Å². The van der Waals surface area contributed by atoms with Gasteiger partial charge in [0.05, 0.1) is 5.69 Å². The normalized spacial score (nSPS) is 18.4. The van der Waals surface area contributed by atoms with Gasteiger partial charge in [-0.3, -0.25) is 14.1 Å². The van der Waals surface area contributed by atoms with Crippen molar-refractivity contribution in [1.82, 2.24) is 24.1 Å². The van der Waals surface area contributed by atoms with Crippen molar-refractivity contribution in [2.24, 2.45) is 0 Å². The molecule has 0 radical (unpaired) electrons. The highest BCUT2D eigenvalue weighted by molar-refractivity contribution is 7.15. The highest BCUT2D eigenvalue weighted by Gasteiger charge is 2.27.